The molecule has 1 heterocycles. The highest BCUT2D eigenvalue weighted by Gasteiger charge is 2.08. The minimum Gasteiger partial charge on any atom is -0.362 e. The van der Waals surface area contributed by atoms with Crippen molar-refractivity contribution in [3.8, 4) is 0 Å². The number of rotatable bonds is 6. The van der Waals surface area contributed by atoms with Gasteiger partial charge in [-0.25, -0.2) is 4.98 Å². The number of aryl methyl sites for hydroxylation is 1. The van der Waals surface area contributed by atoms with E-state index in [1.54, 1.807) is 0 Å². The topological polar surface area (TPSA) is 37.0 Å². The van der Waals surface area contributed by atoms with Crippen molar-refractivity contribution in [3.63, 3.8) is 0 Å². The number of benzene rings is 1. The Labute approximate surface area is 138 Å². The average Bonchev–Trinajstić information content (AvgIpc) is 2.54. The Morgan fingerprint density at radius 1 is 1.18 bits per heavy atom. The Morgan fingerprint density at radius 2 is 1.95 bits per heavy atom. The number of aromatic nitrogens is 1. The minimum atomic E-state index is 0.563. The molecule has 1 atom stereocenters. The fourth-order valence-corrected chi connectivity index (χ4v) is 2.44. The zero-order valence-electron chi connectivity index (χ0n) is 13.2. The predicted octanol–water partition coefficient (Wildman–Crippen LogP) is 3.95. The number of anilines is 1. The van der Waals surface area contributed by atoms with Gasteiger partial charge in [-0.15, -0.1) is 0 Å². The van der Waals surface area contributed by atoms with Gasteiger partial charge in [0.25, 0.3) is 0 Å². The van der Waals surface area contributed by atoms with Crippen molar-refractivity contribution < 1.29 is 0 Å². The second kappa shape index (κ2) is 8.49. The van der Waals surface area contributed by atoms with E-state index in [9.17, 15) is 0 Å². The summed E-state index contributed by atoms with van der Waals surface area (Å²) < 4.78 is 0. The molecule has 4 heteroatoms. The third kappa shape index (κ3) is 5.45. The van der Waals surface area contributed by atoms with Crippen LogP contribution in [0.2, 0.25) is 0 Å². The lowest BCUT2D eigenvalue weighted by Crippen LogP contribution is -2.33. The van der Waals surface area contributed by atoms with Gasteiger partial charge in [-0.05, 0) is 48.7 Å². The largest absolute Gasteiger partial charge is 0.362 e. The summed E-state index contributed by atoms with van der Waals surface area (Å²) in [6, 6.07) is 14.5. The van der Waals surface area contributed by atoms with Crippen LogP contribution in [-0.4, -0.2) is 16.6 Å². The quantitative estimate of drug-likeness (QED) is 0.792. The van der Waals surface area contributed by atoms with Crippen LogP contribution in [0.3, 0.4) is 0 Å². The third-order valence-corrected chi connectivity index (χ3v) is 3.90. The van der Waals surface area contributed by atoms with Gasteiger partial charge in [0.1, 0.15) is 5.82 Å². The summed E-state index contributed by atoms with van der Waals surface area (Å²) in [5.41, 5.74) is 2.51. The summed E-state index contributed by atoms with van der Waals surface area (Å²) in [6.07, 6.45) is 4.01. The molecule has 0 aliphatic rings. The van der Waals surface area contributed by atoms with Gasteiger partial charge in [0, 0.05) is 12.7 Å². The molecular weight excluding hydrogens is 290 g/mol. The van der Waals surface area contributed by atoms with E-state index in [0.717, 1.165) is 30.8 Å². The molecule has 1 aromatic carbocycles. The fraction of sp³-hybridized carbons (Fsp3) is 0.333. The van der Waals surface area contributed by atoms with Crippen molar-refractivity contribution in [2.75, 3.05) is 11.9 Å². The molecule has 0 amide bonds. The number of nitrogens with one attached hydrogen (secondary N) is 2. The number of pyridine rings is 1. The van der Waals surface area contributed by atoms with Crippen molar-refractivity contribution in [2.45, 2.75) is 26.7 Å². The lowest BCUT2D eigenvalue weighted by Gasteiger charge is -2.17. The molecule has 2 N–H and O–H groups in total. The van der Waals surface area contributed by atoms with Crippen molar-refractivity contribution in [2.24, 2.45) is 5.92 Å². The van der Waals surface area contributed by atoms with E-state index in [1.165, 1.54) is 5.56 Å². The first-order valence-corrected chi connectivity index (χ1v) is 8.09. The Balaban J connectivity index is 1.79. The smallest absolute Gasteiger partial charge is 0.171 e. The summed E-state index contributed by atoms with van der Waals surface area (Å²) >= 11 is 5.34. The Bertz CT molecular complexity index is 581. The standard InChI is InChI=1S/C18H23N3S/c1-3-15(11-16-7-5-4-6-8-16)13-20-18(22)21-17-10-9-14(2)12-19-17/h4-10,12,15H,3,11,13H2,1-2H3,(H2,19,20,21,22). The zero-order valence-corrected chi connectivity index (χ0v) is 14.0. The van der Waals surface area contributed by atoms with E-state index < -0.39 is 0 Å². The monoisotopic (exact) mass is 313 g/mol. The van der Waals surface area contributed by atoms with Crippen molar-refractivity contribution in [3.05, 3.63) is 59.8 Å². The number of thiocarbonyl (C=S) groups is 1. The van der Waals surface area contributed by atoms with E-state index in [4.69, 9.17) is 12.2 Å². The van der Waals surface area contributed by atoms with Gasteiger partial charge < -0.3 is 10.6 Å². The lowest BCUT2D eigenvalue weighted by molar-refractivity contribution is 0.498. The van der Waals surface area contributed by atoms with E-state index in [-0.39, 0.29) is 0 Å². The summed E-state index contributed by atoms with van der Waals surface area (Å²) in [6.45, 7) is 5.10. The molecular formula is C18H23N3S. The van der Waals surface area contributed by atoms with Gasteiger partial charge in [-0.3, -0.25) is 0 Å². The van der Waals surface area contributed by atoms with Gasteiger partial charge in [0.05, 0.1) is 0 Å². The van der Waals surface area contributed by atoms with Gasteiger partial charge in [0.2, 0.25) is 0 Å². The van der Waals surface area contributed by atoms with E-state index in [1.807, 2.05) is 25.3 Å². The molecule has 0 saturated carbocycles. The van der Waals surface area contributed by atoms with E-state index in [0.29, 0.717) is 11.0 Å². The highest BCUT2D eigenvalue weighted by Crippen LogP contribution is 2.11. The summed E-state index contributed by atoms with van der Waals surface area (Å²) in [5.74, 6) is 1.34. The molecule has 22 heavy (non-hydrogen) atoms. The first kappa shape index (κ1) is 16.4. The first-order valence-electron chi connectivity index (χ1n) is 7.68. The van der Waals surface area contributed by atoms with Crippen molar-refractivity contribution in [1.82, 2.24) is 10.3 Å². The van der Waals surface area contributed by atoms with Gasteiger partial charge in [0.15, 0.2) is 5.11 Å². The Morgan fingerprint density at radius 3 is 2.59 bits per heavy atom. The lowest BCUT2D eigenvalue weighted by atomic mass is 9.97. The van der Waals surface area contributed by atoms with Crippen LogP contribution in [0.1, 0.15) is 24.5 Å². The Kier molecular flexibility index (Phi) is 6.34. The van der Waals surface area contributed by atoms with Crippen LogP contribution in [0.15, 0.2) is 48.7 Å². The molecule has 116 valence electrons. The SMILES string of the molecule is CCC(CNC(=S)Nc1ccc(C)cn1)Cc1ccccc1. The van der Waals surface area contributed by atoms with Crippen molar-refractivity contribution >= 4 is 23.1 Å². The fourth-order valence-electron chi connectivity index (χ4n) is 2.25. The number of nitrogens with zero attached hydrogens (tertiary/aromatic N) is 1. The molecule has 0 saturated heterocycles. The minimum absolute atomic E-state index is 0.563. The maximum Gasteiger partial charge on any atom is 0.171 e. The molecule has 0 aliphatic heterocycles. The summed E-state index contributed by atoms with van der Waals surface area (Å²) in [5, 5.41) is 7.05. The van der Waals surface area contributed by atoms with E-state index >= 15 is 0 Å². The predicted molar refractivity (Wildman–Crippen MR) is 97.1 cm³/mol. The summed E-state index contributed by atoms with van der Waals surface area (Å²) in [4.78, 5) is 4.29. The van der Waals surface area contributed by atoms with Crippen LogP contribution >= 0.6 is 12.2 Å². The number of hydrogen-bond donors (Lipinski definition) is 2. The summed E-state index contributed by atoms with van der Waals surface area (Å²) in [7, 11) is 0. The Hall–Kier alpha value is -1.94. The highest BCUT2D eigenvalue weighted by atomic mass is 32.1. The molecule has 0 fully saturated rings. The van der Waals surface area contributed by atoms with Crippen LogP contribution in [0.4, 0.5) is 5.82 Å². The molecule has 0 aliphatic carbocycles. The van der Waals surface area contributed by atoms with Gasteiger partial charge in [-0.2, -0.15) is 0 Å². The second-order valence-electron chi connectivity index (χ2n) is 5.52. The number of hydrogen-bond acceptors (Lipinski definition) is 2. The average molecular weight is 313 g/mol. The molecule has 1 aromatic heterocycles. The molecule has 1 unspecified atom stereocenters. The molecule has 2 rings (SSSR count). The van der Waals surface area contributed by atoms with E-state index in [2.05, 4.69) is 52.9 Å². The maximum atomic E-state index is 5.34. The molecule has 0 radical (unpaired) electrons. The van der Waals surface area contributed by atoms with Gasteiger partial charge in [-0.1, -0.05) is 49.7 Å². The normalized spacial score (nSPS) is 11.7. The highest BCUT2D eigenvalue weighted by molar-refractivity contribution is 7.80. The maximum absolute atomic E-state index is 5.34. The van der Waals surface area contributed by atoms with Crippen molar-refractivity contribution in [1.29, 1.82) is 0 Å². The first-order chi connectivity index (χ1) is 10.7. The van der Waals surface area contributed by atoms with Crippen LogP contribution in [0, 0.1) is 12.8 Å². The molecule has 0 bridgehead atoms. The van der Waals surface area contributed by atoms with Crippen LogP contribution in [0.5, 0.6) is 0 Å². The molecule has 3 nitrogen and oxygen atoms in total. The third-order valence-electron chi connectivity index (χ3n) is 3.65. The van der Waals surface area contributed by atoms with Gasteiger partial charge >= 0.3 is 0 Å². The van der Waals surface area contributed by atoms with Crippen LogP contribution in [-0.2, 0) is 6.42 Å². The molecule has 2 aromatic rings. The van der Waals surface area contributed by atoms with Crippen LogP contribution in [0.25, 0.3) is 0 Å². The van der Waals surface area contributed by atoms with Crippen LogP contribution < -0.4 is 10.6 Å². The second-order valence-corrected chi connectivity index (χ2v) is 5.93. The molecule has 0 spiro atoms. The zero-order chi connectivity index (χ0) is 15.8.